The zero-order valence-electron chi connectivity index (χ0n) is 17.7. The Morgan fingerprint density at radius 1 is 0.970 bits per heavy atom. The van der Waals surface area contributed by atoms with Gasteiger partial charge in [0.25, 0.3) is 0 Å². The zero-order valence-corrected chi connectivity index (χ0v) is 17.7. The highest BCUT2D eigenvalue weighted by atomic mass is 19.4. The van der Waals surface area contributed by atoms with Crippen molar-refractivity contribution in [3.05, 3.63) is 77.6 Å². The van der Waals surface area contributed by atoms with E-state index >= 15 is 0 Å². The van der Waals surface area contributed by atoms with Crippen molar-refractivity contribution in [2.24, 2.45) is 0 Å². The first kappa shape index (κ1) is 21.0. The second-order valence-electron chi connectivity index (χ2n) is 8.17. The lowest BCUT2D eigenvalue weighted by molar-refractivity contribution is -0.137. The van der Waals surface area contributed by atoms with Crippen molar-refractivity contribution in [2.75, 3.05) is 12.8 Å². The second kappa shape index (κ2) is 7.93. The summed E-state index contributed by atoms with van der Waals surface area (Å²) < 4.78 is 38.3. The monoisotopic (exact) mass is 450 g/mol. The fourth-order valence-electron chi connectivity index (χ4n) is 4.06. The van der Waals surface area contributed by atoms with E-state index in [0.717, 1.165) is 50.9 Å². The number of halogens is 3. The third-order valence-electron chi connectivity index (χ3n) is 5.58. The number of anilines is 1. The molecule has 0 aliphatic heterocycles. The number of alkyl halides is 3. The summed E-state index contributed by atoms with van der Waals surface area (Å²) in [5.41, 5.74) is 11.4. The lowest BCUT2D eigenvalue weighted by Gasteiger charge is -2.17. The number of nitrogens with one attached hydrogen (secondary N) is 2. The first-order valence-electron chi connectivity index (χ1n) is 10.3. The van der Waals surface area contributed by atoms with Crippen molar-refractivity contribution in [3.8, 4) is 11.3 Å². The Balaban J connectivity index is 1.35. The van der Waals surface area contributed by atoms with Crippen molar-refractivity contribution >= 4 is 27.9 Å². The van der Waals surface area contributed by atoms with E-state index in [4.69, 9.17) is 5.73 Å². The minimum Gasteiger partial charge on any atom is -0.384 e. The Kier molecular flexibility index (Phi) is 5.05. The van der Waals surface area contributed by atoms with Gasteiger partial charge in [-0.15, -0.1) is 0 Å². The zero-order chi connectivity index (χ0) is 23.2. The molecule has 0 spiro atoms. The van der Waals surface area contributed by atoms with Crippen LogP contribution in [0.4, 0.5) is 19.0 Å². The average Bonchev–Trinajstić information content (AvgIpc) is 3.39. The van der Waals surface area contributed by atoms with Crippen molar-refractivity contribution < 1.29 is 13.2 Å². The van der Waals surface area contributed by atoms with E-state index < -0.39 is 11.7 Å². The van der Waals surface area contributed by atoms with Crippen LogP contribution in [-0.4, -0.2) is 31.9 Å². The van der Waals surface area contributed by atoms with Gasteiger partial charge in [0.15, 0.2) is 5.65 Å². The molecule has 3 heterocycles. The number of hydrogen-bond donors (Lipinski definition) is 3. The number of H-pyrrole nitrogens is 2. The number of imidazole rings is 1. The first-order chi connectivity index (χ1) is 15.8. The van der Waals surface area contributed by atoms with Gasteiger partial charge in [0.2, 0.25) is 0 Å². The number of aromatic nitrogens is 4. The van der Waals surface area contributed by atoms with Gasteiger partial charge in [-0.25, -0.2) is 9.97 Å². The molecule has 4 N–H and O–H groups in total. The Labute approximate surface area is 187 Å². The van der Waals surface area contributed by atoms with Crippen LogP contribution < -0.4 is 5.73 Å². The molecule has 168 valence electrons. The number of hydrogen-bond acceptors (Lipinski definition) is 4. The van der Waals surface area contributed by atoms with Crippen LogP contribution in [0.3, 0.4) is 0 Å². The largest absolute Gasteiger partial charge is 0.416 e. The molecule has 5 aromatic rings. The Morgan fingerprint density at radius 3 is 2.45 bits per heavy atom. The minimum absolute atomic E-state index is 0.397. The number of fused-ring (bicyclic) bond motifs is 2. The van der Waals surface area contributed by atoms with Crippen molar-refractivity contribution in [2.45, 2.75) is 19.3 Å². The molecule has 3 aromatic heterocycles. The Morgan fingerprint density at radius 2 is 1.70 bits per heavy atom. The molecule has 33 heavy (non-hydrogen) atoms. The molecule has 0 aliphatic rings. The van der Waals surface area contributed by atoms with E-state index in [1.807, 2.05) is 25.2 Å². The summed E-state index contributed by atoms with van der Waals surface area (Å²) in [7, 11) is 1.94. The minimum atomic E-state index is -4.32. The summed E-state index contributed by atoms with van der Waals surface area (Å²) >= 11 is 0. The fraction of sp³-hybridized carbons (Fsp3) is 0.167. The van der Waals surface area contributed by atoms with Crippen LogP contribution in [0.5, 0.6) is 0 Å². The van der Waals surface area contributed by atoms with Crippen LogP contribution >= 0.6 is 0 Å². The molecule has 0 radical (unpaired) electrons. The van der Waals surface area contributed by atoms with Gasteiger partial charge < -0.3 is 15.7 Å². The molecule has 0 saturated heterocycles. The van der Waals surface area contributed by atoms with Gasteiger partial charge in [-0.05, 0) is 54.6 Å². The summed E-state index contributed by atoms with van der Waals surface area (Å²) in [5, 5.41) is 1.05. The highest BCUT2D eigenvalue weighted by Crippen LogP contribution is 2.31. The maximum Gasteiger partial charge on any atom is 0.416 e. The van der Waals surface area contributed by atoms with E-state index in [2.05, 4.69) is 37.0 Å². The summed E-state index contributed by atoms with van der Waals surface area (Å²) in [6.45, 7) is 1.20. The van der Waals surface area contributed by atoms with E-state index in [1.165, 1.54) is 12.1 Å². The number of nitrogens with two attached hydrogens (primary N) is 1. The molecule has 2 aromatic carbocycles. The van der Waals surface area contributed by atoms with Crippen LogP contribution in [0.15, 0.2) is 60.9 Å². The SMILES string of the molecule is CN(Cc1ccc(C(F)(F)F)cc1)Cc1ccc2[nH]c(-c3cc(N)nc4nc[nH]c34)cc2c1. The van der Waals surface area contributed by atoms with Gasteiger partial charge in [-0.3, -0.25) is 4.90 Å². The molecule has 0 saturated carbocycles. The van der Waals surface area contributed by atoms with Crippen molar-refractivity contribution in [3.63, 3.8) is 0 Å². The molecule has 0 atom stereocenters. The van der Waals surface area contributed by atoms with Crippen molar-refractivity contribution in [1.29, 1.82) is 0 Å². The normalized spacial score (nSPS) is 12.3. The highest BCUT2D eigenvalue weighted by molar-refractivity contribution is 5.95. The quantitative estimate of drug-likeness (QED) is 0.337. The summed E-state index contributed by atoms with van der Waals surface area (Å²) in [4.78, 5) is 17.0. The van der Waals surface area contributed by atoms with Gasteiger partial charge in [-0.2, -0.15) is 13.2 Å². The van der Waals surface area contributed by atoms with Crippen LogP contribution in [0.2, 0.25) is 0 Å². The molecular weight excluding hydrogens is 429 g/mol. The van der Waals surface area contributed by atoms with Gasteiger partial charge >= 0.3 is 6.18 Å². The smallest absolute Gasteiger partial charge is 0.384 e. The third-order valence-corrected chi connectivity index (χ3v) is 5.58. The van der Waals surface area contributed by atoms with Crippen LogP contribution in [0.25, 0.3) is 33.3 Å². The molecule has 0 fully saturated rings. The van der Waals surface area contributed by atoms with Crippen LogP contribution in [0.1, 0.15) is 16.7 Å². The molecule has 9 heteroatoms. The van der Waals surface area contributed by atoms with Gasteiger partial charge in [0.05, 0.1) is 17.4 Å². The predicted molar refractivity (Wildman–Crippen MR) is 122 cm³/mol. The average molecular weight is 450 g/mol. The van der Waals surface area contributed by atoms with E-state index in [-0.39, 0.29) is 0 Å². The summed E-state index contributed by atoms with van der Waals surface area (Å²) in [6.07, 6.45) is -2.73. The van der Waals surface area contributed by atoms with Crippen LogP contribution in [0, 0.1) is 0 Å². The Bertz CT molecular complexity index is 1430. The van der Waals surface area contributed by atoms with Crippen LogP contribution in [-0.2, 0) is 19.3 Å². The van der Waals surface area contributed by atoms with E-state index in [0.29, 0.717) is 24.6 Å². The van der Waals surface area contributed by atoms with Gasteiger partial charge in [0.1, 0.15) is 5.82 Å². The highest BCUT2D eigenvalue weighted by Gasteiger charge is 2.29. The molecule has 0 unspecified atom stereocenters. The first-order valence-corrected chi connectivity index (χ1v) is 10.3. The fourth-order valence-corrected chi connectivity index (χ4v) is 4.06. The number of nitrogens with zero attached hydrogens (tertiary/aromatic N) is 3. The number of pyridine rings is 1. The Hall–Kier alpha value is -3.85. The molecule has 0 amide bonds. The lowest BCUT2D eigenvalue weighted by Crippen LogP contribution is -2.17. The summed E-state index contributed by atoms with van der Waals surface area (Å²) in [6, 6.07) is 15.3. The molecule has 5 rings (SSSR count). The lowest BCUT2D eigenvalue weighted by atomic mass is 10.1. The van der Waals surface area contributed by atoms with Crippen molar-refractivity contribution in [1.82, 2.24) is 24.8 Å². The van der Waals surface area contributed by atoms with E-state index in [1.54, 1.807) is 6.33 Å². The molecule has 0 aliphatic carbocycles. The second-order valence-corrected chi connectivity index (χ2v) is 8.17. The standard InChI is InChI=1S/C24H21F3N6/c1-33(11-14-2-5-17(6-3-14)24(25,26)27)12-15-4-7-19-16(8-15)9-20(31-19)18-10-21(28)32-23-22(18)29-13-30-23/h2-10,13,31H,11-12H2,1H3,(H3,28,29,30,32). The molecule has 0 bridgehead atoms. The van der Waals surface area contributed by atoms with Gasteiger partial charge in [-0.1, -0.05) is 18.2 Å². The molecule has 6 nitrogen and oxygen atoms in total. The summed E-state index contributed by atoms with van der Waals surface area (Å²) in [5.74, 6) is 0.397. The van der Waals surface area contributed by atoms with Gasteiger partial charge in [0, 0.05) is 35.2 Å². The maximum absolute atomic E-state index is 12.8. The number of rotatable bonds is 5. The number of aromatic amines is 2. The number of nitrogen functional groups attached to an aromatic ring is 1. The predicted octanol–water partition coefficient (Wildman–Crippen LogP) is 5.34. The maximum atomic E-state index is 12.8. The molecular formula is C24H21F3N6. The number of benzene rings is 2. The topological polar surface area (TPSA) is 86.6 Å². The van der Waals surface area contributed by atoms with E-state index in [9.17, 15) is 13.2 Å². The third kappa shape index (κ3) is 4.27.